The maximum absolute atomic E-state index is 4.28. The van der Waals surface area contributed by atoms with E-state index in [1.165, 1.54) is 12.0 Å². The van der Waals surface area contributed by atoms with Crippen LogP contribution in [-0.4, -0.2) is 16.5 Å². The third-order valence-electron chi connectivity index (χ3n) is 2.81. The van der Waals surface area contributed by atoms with Crippen LogP contribution in [0.3, 0.4) is 0 Å². The number of nitrogens with one attached hydrogen (secondary N) is 1. The maximum Gasteiger partial charge on any atom is 0.222 e. The van der Waals surface area contributed by atoms with Crippen LogP contribution in [0.25, 0.3) is 11.1 Å². The van der Waals surface area contributed by atoms with Gasteiger partial charge in [0.1, 0.15) is 0 Å². The molecule has 0 spiro atoms. The molecular weight excluding hydrogens is 222 g/mol. The van der Waals surface area contributed by atoms with Crippen molar-refractivity contribution in [1.29, 1.82) is 0 Å². The maximum atomic E-state index is 4.28. The van der Waals surface area contributed by atoms with E-state index in [4.69, 9.17) is 0 Å². The van der Waals surface area contributed by atoms with Crippen LogP contribution in [-0.2, 0) is 6.42 Å². The molecule has 0 aliphatic carbocycles. The third-order valence-corrected chi connectivity index (χ3v) is 2.81. The standard InChI is InChI=1S/C15H19N3/c1-3-5-12-6-8-13(9-7-12)14-10-17-15(16-4-2)18-11-14/h6-11H,3-5H2,1-2H3,(H,16,17,18). The highest BCUT2D eigenvalue weighted by Gasteiger charge is 2.00. The summed E-state index contributed by atoms with van der Waals surface area (Å²) in [5.74, 6) is 0.684. The first-order valence-corrected chi connectivity index (χ1v) is 6.48. The summed E-state index contributed by atoms with van der Waals surface area (Å²) in [6.45, 7) is 5.07. The van der Waals surface area contributed by atoms with Crippen LogP contribution in [0.15, 0.2) is 36.7 Å². The lowest BCUT2D eigenvalue weighted by Gasteiger charge is -2.05. The summed E-state index contributed by atoms with van der Waals surface area (Å²) in [4.78, 5) is 8.56. The number of nitrogens with zero attached hydrogens (tertiary/aromatic N) is 2. The number of aromatic nitrogens is 2. The van der Waals surface area contributed by atoms with Crippen molar-refractivity contribution in [3.05, 3.63) is 42.2 Å². The zero-order valence-corrected chi connectivity index (χ0v) is 11.0. The van der Waals surface area contributed by atoms with Crippen LogP contribution in [0.2, 0.25) is 0 Å². The lowest BCUT2D eigenvalue weighted by molar-refractivity contribution is 0.922. The Morgan fingerprint density at radius 3 is 2.17 bits per heavy atom. The molecule has 18 heavy (non-hydrogen) atoms. The summed E-state index contributed by atoms with van der Waals surface area (Å²) in [7, 11) is 0. The van der Waals surface area contributed by atoms with E-state index >= 15 is 0 Å². The van der Waals surface area contributed by atoms with E-state index < -0.39 is 0 Å². The number of aryl methyl sites for hydroxylation is 1. The molecule has 3 nitrogen and oxygen atoms in total. The van der Waals surface area contributed by atoms with Gasteiger partial charge < -0.3 is 5.32 Å². The summed E-state index contributed by atoms with van der Waals surface area (Å²) in [6.07, 6.45) is 6.04. The molecule has 2 aromatic rings. The predicted molar refractivity (Wildman–Crippen MR) is 75.6 cm³/mol. The average Bonchev–Trinajstić information content (AvgIpc) is 2.41. The summed E-state index contributed by atoms with van der Waals surface area (Å²) >= 11 is 0. The average molecular weight is 241 g/mol. The van der Waals surface area contributed by atoms with E-state index in [2.05, 4.69) is 46.5 Å². The zero-order valence-electron chi connectivity index (χ0n) is 11.0. The fourth-order valence-corrected chi connectivity index (χ4v) is 1.88. The molecule has 1 heterocycles. The van der Waals surface area contributed by atoms with E-state index in [9.17, 15) is 0 Å². The van der Waals surface area contributed by atoms with Gasteiger partial charge in [0.15, 0.2) is 0 Å². The second-order valence-electron chi connectivity index (χ2n) is 4.27. The fourth-order valence-electron chi connectivity index (χ4n) is 1.88. The largest absolute Gasteiger partial charge is 0.355 e. The van der Waals surface area contributed by atoms with Crippen molar-refractivity contribution in [2.24, 2.45) is 0 Å². The molecule has 0 fully saturated rings. The van der Waals surface area contributed by atoms with E-state index in [0.717, 1.165) is 24.1 Å². The molecular formula is C15H19N3. The van der Waals surface area contributed by atoms with Crippen molar-refractivity contribution in [2.45, 2.75) is 26.7 Å². The Hall–Kier alpha value is -1.90. The molecule has 1 N–H and O–H groups in total. The minimum absolute atomic E-state index is 0.684. The van der Waals surface area contributed by atoms with Crippen LogP contribution in [0.5, 0.6) is 0 Å². The quantitative estimate of drug-likeness (QED) is 0.870. The van der Waals surface area contributed by atoms with Gasteiger partial charge in [-0.25, -0.2) is 9.97 Å². The van der Waals surface area contributed by atoms with Crippen LogP contribution >= 0.6 is 0 Å². The molecule has 0 saturated heterocycles. The normalized spacial score (nSPS) is 10.3. The third kappa shape index (κ3) is 3.06. The molecule has 0 unspecified atom stereocenters. The minimum Gasteiger partial charge on any atom is -0.355 e. The van der Waals surface area contributed by atoms with Crippen molar-refractivity contribution < 1.29 is 0 Å². The number of benzene rings is 1. The molecule has 2 rings (SSSR count). The second-order valence-corrected chi connectivity index (χ2v) is 4.27. The highest BCUT2D eigenvalue weighted by molar-refractivity contribution is 5.62. The van der Waals surface area contributed by atoms with Gasteiger partial charge in [-0.15, -0.1) is 0 Å². The molecule has 0 saturated carbocycles. The Kier molecular flexibility index (Phi) is 4.29. The second kappa shape index (κ2) is 6.15. The van der Waals surface area contributed by atoms with Gasteiger partial charge in [-0.2, -0.15) is 0 Å². The first-order chi connectivity index (χ1) is 8.83. The fraction of sp³-hybridized carbons (Fsp3) is 0.333. The highest BCUT2D eigenvalue weighted by atomic mass is 15.1. The Bertz CT molecular complexity index is 427. The minimum atomic E-state index is 0.684. The zero-order chi connectivity index (χ0) is 12.8. The molecule has 0 aliphatic heterocycles. The Morgan fingerprint density at radius 1 is 0.944 bits per heavy atom. The van der Waals surface area contributed by atoms with Crippen molar-refractivity contribution in [2.75, 3.05) is 11.9 Å². The van der Waals surface area contributed by atoms with E-state index in [1.807, 2.05) is 19.3 Å². The van der Waals surface area contributed by atoms with Gasteiger partial charge in [-0.3, -0.25) is 0 Å². The van der Waals surface area contributed by atoms with Gasteiger partial charge in [0.05, 0.1) is 0 Å². The smallest absolute Gasteiger partial charge is 0.222 e. The molecule has 0 radical (unpaired) electrons. The van der Waals surface area contributed by atoms with Crippen molar-refractivity contribution in [1.82, 2.24) is 9.97 Å². The molecule has 0 aliphatic rings. The van der Waals surface area contributed by atoms with Crippen LogP contribution in [0, 0.1) is 0 Å². The van der Waals surface area contributed by atoms with Crippen LogP contribution < -0.4 is 5.32 Å². The lowest BCUT2D eigenvalue weighted by atomic mass is 10.0. The van der Waals surface area contributed by atoms with Gasteiger partial charge in [0.25, 0.3) is 0 Å². The monoisotopic (exact) mass is 241 g/mol. The van der Waals surface area contributed by atoms with Crippen LogP contribution in [0.1, 0.15) is 25.8 Å². The van der Waals surface area contributed by atoms with Gasteiger partial charge in [0.2, 0.25) is 5.95 Å². The molecule has 1 aromatic heterocycles. The van der Waals surface area contributed by atoms with E-state index in [0.29, 0.717) is 5.95 Å². The Morgan fingerprint density at radius 2 is 1.61 bits per heavy atom. The van der Waals surface area contributed by atoms with Gasteiger partial charge >= 0.3 is 0 Å². The molecule has 1 aromatic carbocycles. The molecule has 94 valence electrons. The first kappa shape index (κ1) is 12.6. The molecule has 0 atom stereocenters. The van der Waals surface area contributed by atoms with Crippen molar-refractivity contribution in [3.8, 4) is 11.1 Å². The summed E-state index contributed by atoms with van der Waals surface area (Å²) in [5.41, 5.74) is 3.60. The van der Waals surface area contributed by atoms with Gasteiger partial charge in [-0.05, 0) is 24.5 Å². The Labute approximate surface area is 108 Å². The topological polar surface area (TPSA) is 37.8 Å². The van der Waals surface area contributed by atoms with Gasteiger partial charge in [0, 0.05) is 24.5 Å². The van der Waals surface area contributed by atoms with Crippen LogP contribution in [0.4, 0.5) is 5.95 Å². The number of hydrogen-bond donors (Lipinski definition) is 1. The molecule has 0 bridgehead atoms. The predicted octanol–water partition coefficient (Wildman–Crippen LogP) is 3.53. The van der Waals surface area contributed by atoms with E-state index in [-0.39, 0.29) is 0 Å². The number of anilines is 1. The number of hydrogen-bond acceptors (Lipinski definition) is 3. The van der Waals surface area contributed by atoms with Gasteiger partial charge in [-0.1, -0.05) is 37.6 Å². The summed E-state index contributed by atoms with van der Waals surface area (Å²) in [5, 5.41) is 3.09. The Balaban J connectivity index is 2.15. The van der Waals surface area contributed by atoms with E-state index in [1.54, 1.807) is 0 Å². The lowest BCUT2D eigenvalue weighted by Crippen LogP contribution is -2.01. The molecule has 0 amide bonds. The summed E-state index contributed by atoms with van der Waals surface area (Å²) < 4.78 is 0. The highest BCUT2D eigenvalue weighted by Crippen LogP contribution is 2.19. The van der Waals surface area contributed by atoms with Crippen molar-refractivity contribution >= 4 is 5.95 Å². The summed E-state index contributed by atoms with van der Waals surface area (Å²) in [6, 6.07) is 8.63. The molecule has 3 heteroatoms. The van der Waals surface area contributed by atoms with Crippen molar-refractivity contribution in [3.63, 3.8) is 0 Å². The number of rotatable bonds is 5. The first-order valence-electron chi connectivity index (χ1n) is 6.48. The SMILES string of the molecule is CCCc1ccc(-c2cnc(NCC)nc2)cc1.